The van der Waals surface area contributed by atoms with E-state index in [-0.39, 0.29) is 134 Å². The van der Waals surface area contributed by atoms with Crippen molar-refractivity contribution in [1.82, 2.24) is 10.6 Å². The topological polar surface area (TPSA) is 398 Å². The van der Waals surface area contributed by atoms with Gasteiger partial charge in [0, 0.05) is 103 Å². The van der Waals surface area contributed by atoms with Gasteiger partial charge in [-0.15, -0.1) is 0 Å². The minimum atomic E-state index is -1.83. The molecule has 2 aromatic carbocycles. The lowest BCUT2D eigenvalue weighted by Gasteiger charge is -2.48. The van der Waals surface area contributed by atoms with Gasteiger partial charge in [-0.3, -0.25) is 9.59 Å². The summed E-state index contributed by atoms with van der Waals surface area (Å²) in [5.74, 6) is -6.83. The Morgan fingerprint density at radius 3 is 1.18 bits per heavy atom. The van der Waals surface area contributed by atoms with Crippen molar-refractivity contribution in [1.29, 1.82) is 0 Å². The summed E-state index contributed by atoms with van der Waals surface area (Å²) in [7, 11) is 10.6. The number of hydrogen-bond acceptors (Lipinski definition) is 30. The van der Waals surface area contributed by atoms with Crippen LogP contribution >= 0.6 is 0 Å². The van der Waals surface area contributed by atoms with Crippen molar-refractivity contribution in [3.05, 3.63) is 190 Å². The predicted molar refractivity (Wildman–Crippen MR) is 530 cm³/mol. The predicted octanol–water partition coefficient (Wildman–Crippen LogP) is 13.6. The third kappa shape index (κ3) is 26.3. The zero-order chi connectivity index (χ0) is 103. The van der Waals surface area contributed by atoms with Crippen molar-refractivity contribution in [2.24, 2.45) is 47.3 Å². The van der Waals surface area contributed by atoms with Crippen LogP contribution in [0.4, 0.5) is 0 Å². The third-order valence-electron chi connectivity index (χ3n) is 31.3. The molecule has 2 aromatic rings. The minimum absolute atomic E-state index is 0.0407. The zero-order valence-electron chi connectivity index (χ0n) is 87.3. The first-order chi connectivity index (χ1) is 68.1. The van der Waals surface area contributed by atoms with Crippen LogP contribution in [0, 0.1) is 47.3 Å². The maximum absolute atomic E-state index is 14.4. The number of carboxylic acid groups (broad SMARTS) is 2. The second-order valence-electron chi connectivity index (χ2n) is 41.8. The van der Waals surface area contributed by atoms with Crippen LogP contribution in [0.5, 0.6) is 0 Å². The minimum Gasteiger partial charge on any atom is -0.478 e. The average Bonchev–Trinajstić information content (AvgIpc) is 1.60. The van der Waals surface area contributed by atoms with Crippen LogP contribution in [0.3, 0.4) is 0 Å². The number of hydrogen-bond donors (Lipinski definition) is 8. The first-order valence-corrected chi connectivity index (χ1v) is 51.4. The number of ether oxygens (including phenoxy) is 20. The maximum Gasteiger partial charge on any atom is 0.335 e. The maximum atomic E-state index is 14.4. The number of aliphatic hydroxyl groups excluding tert-OH is 2. The number of carbonyl (C=O) groups is 4. The molecule has 0 saturated carbocycles. The number of esters is 2. The molecule has 143 heavy (non-hydrogen) atoms. The van der Waals surface area contributed by atoms with E-state index in [0.29, 0.717) is 97.6 Å². The molecule has 12 heterocycles. The van der Waals surface area contributed by atoms with Gasteiger partial charge in [0.1, 0.15) is 71.9 Å². The number of fused-ring (bicyclic) bond motifs is 4. The highest BCUT2D eigenvalue weighted by Crippen LogP contribution is 2.51. The molecular formula is C111H160N2O30. The number of carbonyl (C=O) groups excluding carboxylic acids is 2. The summed E-state index contributed by atoms with van der Waals surface area (Å²) in [6.07, 6.45) is 20.5. The van der Waals surface area contributed by atoms with E-state index in [1.54, 1.807) is 127 Å². The summed E-state index contributed by atoms with van der Waals surface area (Å²) >= 11 is 0. The lowest BCUT2D eigenvalue weighted by molar-refractivity contribution is -0.312. The van der Waals surface area contributed by atoms with Crippen LogP contribution in [-0.2, 0) is 104 Å². The molecule has 0 radical (unpaired) electrons. The monoisotopic (exact) mass is 2000 g/mol. The first-order valence-electron chi connectivity index (χ1n) is 51.4. The fourth-order valence-corrected chi connectivity index (χ4v) is 23.0. The summed E-state index contributed by atoms with van der Waals surface area (Å²) in [5, 5.41) is 70.8. The number of nitrogens with one attached hydrogen (secondary N) is 2. The van der Waals surface area contributed by atoms with Gasteiger partial charge in [0.2, 0.25) is 0 Å². The Bertz CT molecular complexity index is 4810. The van der Waals surface area contributed by atoms with E-state index in [0.717, 1.165) is 17.6 Å². The summed E-state index contributed by atoms with van der Waals surface area (Å²) in [6, 6.07) is 16.7. The summed E-state index contributed by atoms with van der Waals surface area (Å²) in [4.78, 5) is 49.1. The van der Waals surface area contributed by atoms with Crippen molar-refractivity contribution in [3.8, 4) is 0 Å². The second kappa shape index (κ2) is 49.9. The van der Waals surface area contributed by atoms with Crippen molar-refractivity contribution >= 4 is 23.9 Å². The first kappa shape index (κ1) is 113. The van der Waals surface area contributed by atoms with Gasteiger partial charge < -0.3 is 136 Å². The van der Waals surface area contributed by atoms with E-state index < -0.39 is 145 Å². The Balaban J connectivity index is 0.000000203. The Morgan fingerprint density at radius 2 is 0.825 bits per heavy atom. The molecule has 2 spiro atoms. The number of allylic oxidation sites excluding steroid dienone is 4. The van der Waals surface area contributed by atoms with Crippen LogP contribution < -0.4 is 10.6 Å². The van der Waals surface area contributed by atoms with Crippen LogP contribution in [0.25, 0.3) is 0 Å². The summed E-state index contributed by atoms with van der Waals surface area (Å²) < 4.78 is 129. The number of aliphatic hydroxyl groups is 4. The fraction of sp³-hybridized carbons (Fsp3) is 0.676. The Labute approximate surface area is 843 Å². The van der Waals surface area contributed by atoms with Gasteiger partial charge in [-0.25, -0.2) is 9.59 Å². The van der Waals surface area contributed by atoms with Crippen molar-refractivity contribution < 1.29 is 145 Å². The van der Waals surface area contributed by atoms with E-state index in [4.69, 9.17) is 105 Å². The number of carboxylic acids is 2. The van der Waals surface area contributed by atoms with Crippen LogP contribution in [-0.4, -0.2) is 305 Å². The average molecular weight is 2000 g/mol. The van der Waals surface area contributed by atoms with Gasteiger partial charge >= 0.3 is 23.9 Å². The second-order valence-corrected chi connectivity index (χ2v) is 41.8. The molecule has 32 heteroatoms. The molecular weight excluding hydrogens is 1840 g/mol. The molecule has 0 amide bonds. The van der Waals surface area contributed by atoms with Gasteiger partial charge in [0.25, 0.3) is 0 Å². The smallest absolute Gasteiger partial charge is 0.335 e. The van der Waals surface area contributed by atoms with Gasteiger partial charge in [-0.05, 0) is 164 Å². The molecule has 2 aliphatic carbocycles. The highest BCUT2D eigenvalue weighted by atomic mass is 16.8. The van der Waals surface area contributed by atoms with E-state index in [1.807, 2.05) is 78.2 Å². The number of rotatable bonds is 19. The molecule has 8 saturated heterocycles. The Morgan fingerprint density at radius 1 is 0.462 bits per heavy atom. The fourth-order valence-electron chi connectivity index (χ4n) is 23.0. The Hall–Kier alpha value is -7.24. The molecule has 12 aliphatic heterocycles. The SMILES string of the molecule is CC[C@H](C)[C@H]1O[C@]2(C=C[C@@H]1C)C[C@@H]1C[C@@H](C/C=C(\C)[C@@H](O[C@H]3C[C@H](OC)[C@@H](O[C@H]4C[C@H](OC)[C@H](NC)[C@H](C)O4)[C@H](C)O3)[C@@H](C)/C=C/C=C3\CO[C@@H]4[C@H](O)C(C)=C[C@@H](C(=O)O1)[C@]34O)O2.CN[C@@H]1[C@H](C)O[C@@H](O[C@H]2[C@H](C)O[C@@H](O[C@@H]3/C(C)=C/C[C@@H]4C[C@@H](C[C@]5(C=C[C@H](C)[C@@H](C(C)C)O5)O4)OC(=O)[C@@H]4C=C(C)[C@@H](O)[C@H]5OC/C(=C\C=C\[C@@H]3C)[C@]54O)C[C@@H]2OC)C[C@@H]1OC.O=C(O)c1ccccc1.O=C(O)c1ccccc1. The van der Waals surface area contributed by atoms with Crippen LogP contribution in [0.15, 0.2) is 179 Å². The molecule has 14 aliphatic rings. The van der Waals surface area contributed by atoms with E-state index in [2.05, 4.69) is 104 Å². The Kier molecular flexibility index (Phi) is 39.4. The number of benzene rings is 2. The summed E-state index contributed by atoms with van der Waals surface area (Å²) in [5.41, 5.74) is 1.02. The van der Waals surface area contributed by atoms with Gasteiger partial charge in [0.05, 0.1) is 122 Å². The third-order valence-corrected chi connectivity index (χ3v) is 31.3. The van der Waals surface area contributed by atoms with Crippen molar-refractivity contribution in [3.63, 3.8) is 0 Å². The molecule has 16 rings (SSSR count). The normalized spacial score (nSPS) is 43.6. The largest absolute Gasteiger partial charge is 0.478 e. The molecule has 0 unspecified atom stereocenters. The summed E-state index contributed by atoms with van der Waals surface area (Å²) in [6.45, 7) is 32.7. The molecule has 8 N–H and O–H groups in total. The number of likely N-dealkylation sites (N-methyl/N-ethyl adjacent to an activating group) is 2. The molecule has 8 fully saturated rings. The van der Waals surface area contributed by atoms with Gasteiger partial charge in [-0.2, -0.15) is 0 Å². The molecule has 4 bridgehead atoms. The molecule has 794 valence electrons. The zero-order valence-corrected chi connectivity index (χ0v) is 87.3. The van der Waals surface area contributed by atoms with E-state index in [1.165, 1.54) is 0 Å². The quantitative estimate of drug-likeness (QED) is 0.0478. The van der Waals surface area contributed by atoms with Crippen LogP contribution in [0.1, 0.15) is 202 Å². The van der Waals surface area contributed by atoms with Gasteiger partial charge in [-0.1, -0.05) is 171 Å². The van der Waals surface area contributed by atoms with E-state index >= 15 is 0 Å². The van der Waals surface area contributed by atoms with Gasteiger partial charge in [0.15, 0.2) is 36.7 Å². The number of aromatic carboxylic acids is 2. The highest BCUT2D eigenvalue weighted by molar-refractivity contribution is 5.88. The van der Waals surface area contributed by atoms with E-state index in [9.17, 15) is 39.6 Å². The number of methoxy groups -OCH3 is 4. The molecule has 0 aromatic heterocycles. The van der Waals surface area contributed by atoms with Crippen molar-refractivity contribution in [2.75, 3.05) is 55.7 Å². The van der Waals surface area contributed by atoms with Crippen LogP contribution in [0.2, 0.25) is 0 Å². The highest BCUT2D eigenvalue weighted by Gasteiger charge is 2.63. The molecule has 39 atom stereocenters. The molecule has 32 nitrogen and oxygen atoms in total. The lowest BCUT2D eigenvalue weighted by atomic mass is 9.71. The van der Waals surface area contributed by atoms with Crippen molar-refractivity contribution in [2.45, 2.75) is 376 Å². The standard InChI is InChI=1S/C49H75NO13.C48H73NO13.2C7H6O2/c1-12-26(2)44-29(5)18-19-48(63-44)24-35-21-34(62-48)17-16-28(4)43(27(3)14-13-15-33-25-56-46-42(51)30(6)20-36(47(52)59-35)49(33,46)53)60-40-23-38(55-11)45(32(8)58-40)61-39-22-37(54-10)41(50-9)31(7)57-39;1-25(2)42-28(5)17-18-47(62-42)23-34-20-33(61-47)16-15-27(4)43(26(3)13-12-14-32-24-55-45-41(50)29(6)19-35(46(51)58-34)48(32,45)52)59-39-22-37(54-11)44(31(8)57-39)60-38-21-36(53-10)40(49-9)30(7)56-38;2*8-7(9)6-4-2-1-3-5-6/h13-16,18-20,26-27,29,31-32,34-46,50-51,53H,12,17,21-25H2,1-11H3;12-15,17-19,25-26,28,30-31,33-45,49-50,52H,16,20-24H2,1-11H3;2*1-5H,(H,8,9)/b14-13+,28-16+,33-15+;13-12+,27-15+,32-14+;;/t26-,27-,29-,31-,32-,34+,35-,36-,37-,38-,39-,40-,41+,42+,43-,44+,45-,46+,48+,49+;26-,28-,30-,31-,33+,34-,35-,36-,37-,38-,39-,40+,41+,42+,43-,44-,45+,47+,48+;;/m00../s1. The lowest BCUT2D eigenvalue weighted by Crippen LogP contribution is -2.58.